The van der Waals surface area contributed by atoms with Crippen molar-refractivity contribution in [1.29, 1.82) is 0 Å². The molecule has 8 heteroatoms. The van der Waals surface area contributed by atoms with Crippen LogP contribution in [0, 0.1) is 0 Å². The standard InChI is InChI=1S/C13H10Cl3N2O2.ClH/c1-17(2)7-3-5-18(6-4-7)11-10(16)12(19)8(14)9(15)13(11)20;/h3-6H,1-2H3;1H/q+1;/p-1. The Morgan fingerprint density at radius 1 is 0.905 bits per heavy atom. The summed E-state index contributed by atoms with van der Waals surface area (Å²) in [6.45, 7) is 0. The van der Waals surface area contributed by atoms with Gasteiger partial charge < -0.3 is 17.3 Å². The summed E-state index contributed by atoms with van der Waals surface area (Å²) in [6, 6.07) is 3.56. The number of allylic oxidation sites excluding steroid dienone is 4. The molecule has 0 unspecified atom stereocenters. The number of carbonyl (C=O) groups excluding carboxylic acids is 2. The number of Topliss-reactive ketones (excluding diaryl/α,β-unsaturated/α-hetero) is 2. The lowest BCUT2D eigenvalue weighted by Gasteiger charge is -2.12. The molecule has 1 aliphatic carbocycles. The molecule has 1 aliphatic rings. The number of hydrogen-bond acceptors (Lipinski definition) is 3. The Bertz CT molecular complexity index is 663. The number of halogens is 4. The van der Waals surface area contributed by atoms with Crippen molar-refractivity contribution in [3.8, 4) is 0 Å². The molecule has 21 heavy (non-hydrogen) atoms. The summed E-state index contributed by atoms with van der Waals surface area (Å²) in [7, 11) is 3.78. The first kappa shape index (κ1) is 18.0. The molecule has 0 radical (unpaired) electrons. The van der Waals surface area contributed by atoms with Crippen molar-refractivity contribution in [2.45, 2.75) is 0 Å². The van der Waals surface area contributed by atoms with Crippen molar-refractivity contribution in [2.75, 3.05) is 19.0 Å². The average Bonchev–Trinajstić information content (AvgIpc) is 2.44. The fraction of sp³-hybridized carbons (Fsp3) is 0.154. The second kappa shape index (κ2) is 6.79. The van der Waals surface area contributed by atoms with Gasteiger partial charge in [-0.25, -0.2) is 0 Å². The van der Waals surface area contributed by atoms with Crippen LogP contribution in [0.4, 0.5) is 5.69 Å². The molecule has 1 aromatic heterocycles. The third-order valence-electron chi connectivity index (χ3n) is 2.80. The van der Waals surface area contributed by atoms with Gasteiger partial charge in [-0.15, -0.1) is 0 Å². The molecule has 0 spiro atoms. The number of anilines is 1. The summed E-state index contributed by atoms with van der Waals surface area (Å²) < 4.78 is 1.45. The van der Waals surface area contributed by atoms with Crippen LogP contribution in [-0.4, -0.2) is 25.7 Å². The maximum absolute atomic E-state index is 12.1. The molecule has 0 amide bonds. The second-order valence-corrected chi connectivity index (χ2v) is 5.44. The molecule has 112 valence electrons. The van der Waals surface area contributed by atoms with Crippen LogP contribution in [0.3, 0.4) is 0 Å². The highest BCUT2D eigenvalue weighted by Crippen LogP contribution is 2.31. The minimum Gasteiger partial charge on any atom is -1.00 e. The summed E-state index contributed by atoms with van der Waals surface area (Å²) in [4.78, 5) is 25.8. The lowest BCUT2D eigenvalue weighted by Crippen LogP contribution is -3.00. The molecule has 0 aliphatic heterocycles. The van der Waals surface area contributed by atoms with Gasteiger partial charge in [-0.3, -0.25) is 9.59 Å². The smallest absolute Gasteiger partial charge is 0.282 e. The normalized spacial score (nSPS) is 15.3. The minimum absolute atomic E-state index is 0. The van der Waals surface area contributed by atoms with Crippen LogP contribution >= 0.6 is 34.8 Å². The van der Waals surface area contributed by atoms with Gasteiger partial charge in [0.2, 0.25) is 5.78 Å². The largest absolute Gasteiger partial charge is 1.00 e. The molecule has 1 aromatic rings. The molecule has 0 bridgehead atoms. The zero-order valence-corrected chi connectivity index (χ0v) is 14.1. The first-order chi connectivity index (χ1) is 9.34. The Morgan fingerprint density at radius 3 is 1.86 bits per heavy atom. The molecule has 0 atom stereocenters. The van der Waals surface area contributed by atoms with Crippen molar-refractivity contribution >= 4 is 57.8 Å². The van der Waals surface area contributed by atoms with Gasteiger partial charge in [0.05, 0.1) is 0 Å². The molecule has 0 aromatic carbocycles. The summed E-state index contributed by atoms with van der Waals surface area (Å²) in [5, 5.41) is -0.914. The Hall–Kier alpha value is -1.07. The Balaban J connectivity index is 0.00000220. The zero-order valence-electron chi connectivity index (χ0n) is 11.0. The SMILES string of the molecule is CN(C)c1cc[n+](C2=C(Cl)C(=O)C(Cl)=C(Cl)C2=O)cc1.[Cl-]. The summed E-state index contributed by atoms with van der Waals surface area (Å²) in [5.41, 5.74) is 0.934. The lowest BCUT2D eigenvalue weighted by molar-refractivity contribution is -0.577. The van der Waals surface area contributed by atoms with E-state index in [0.29, 0.717) is 0 Å². The average molecular weight is 368 g/mol. The number of aromatic nitrogens is 1. The number of carbonyl (C=O) groups is 2. The van der Waals surface area contributed by atoms with Gasteiger partial charge in [-0.2, -0.15) is 4.57 Å². The van der Waals surface area contributed by atoms with Crippen LogP contribution in [0.15, 0.2) is 39.6 Å². The van der Waals surface area contributed by atoms with E-state index in [2.05, 4.69) is 0 Å². The van der Waals surface area contributed by atoms with Gasteiger partial charge in [-0.1, -0.05) is 34.8 Å². The minimum atomic E-state index is -0.655. The van der Waals surface area contributed by atoms with E-state index in [-0.39, 0.29) is 33.2 Å². The highest BCUT2D eigenvalue weighted by atomic mass is 35.5. The van der Waals surface area contributed by atoms with Crippen molar-refractivity contribution in [3.63, 3.8) is 0 Å². The number of pyridine rings is 1. The van der Waals surface area contributed by atoms with E-state index < -0.39 is 11.6 Å². The molecule has 0 fully saturated rings. The van der Waals surface area contributed by atoms with Crippen LogP contribution in [0.1, 0.15) is 0 Å². The summed E-state index contributed by atoms with van der Waals surface area (Å²) >= 11 is 17.4. The van der Waals surface area contributed by atoms with E-state index in [0.717, 1.165) is 5.69 Å². The van der Waals surface area contributed by atoms with Crippen LogP contribution < -0.4 is 21.9 Å². The number of ketones is 2. The topological polar surface area (TPSA) is 41.3 Å². The first-order valence-corrected chi connectivity index (χ1v) is 6.71. The Kier molecular flexibility index (Phi) is 5.82. The zero-order chi connectivity index (χ0) is 15.0. The summed E-state index contributed by atoms with van der Waals surface area (Å²) in [6.07, 6.45) is 3.25. The van der Waals surface area contributed by atoms with Crippen molar-refractivity contribution in [1.82, 2.24) is 0 Å². The molecule has 1 heterocycles. The van der Waals surface area contributed by atoms with Gasteiger partial charge in [-0.05, 0) is 0 Å². The first-order valence-electron chi connectivity index (χ1n) is 5.58. The quantitative estimate of drug-likeness (QED) is 0.512. The third kappa shape index (κ3) is 3.24. The molecule has 2 rings (SSSR count). The van der Waals surface area contributed by atoms with Gasteiger partial charge >= 0.3 is 0 Å². The van der Waals surface area contributed by atoms with E-state index in [1.165, 1.54) is 4.57 Å². The lowest BCUT2D eigenvalue weighted by atomic mass is 10.1. The Morgan fingerprint density at radius 2 is 1.38 bits per heavy atom. The monoisotopic (exact) mass is 366 g/mol. The van der Waals surface area contributed by atoms with Crippen molar-refractivity contribution in [2.24, 2.45) is 0 Å². The van der Waals surface area contributed by atoms with Gasteiger partial charge in [0.15, 0.2) is 17.4 Å². The summed E-state index contributed by atoms with van der Waals surface area (Å²) in [5.74, 6) is -1.24. The molecule has 0 N–H and O–H groups in total. The van der Waals surface area contributed by atoms with Crippen molar-refractivity contribution in [3.05, 3.63) is 39.6 Å². The van der Waals surface area contributed by atoms with E-state index in [1.807, 2.05) is 19.0 Å². The molecular formula is C13H10Cl4N2O2. The van der Waals surface area contributed by atoms with Gasteiger partial charge in [0.25, 0.3) is 11.5 Å². The maximum atomic E-state index is 12.1. The van der Waals surface area contributed by atoms with Gasteiger partial charge in [0.1, 0.15) is 10.1 Å². The van der Waals surface area contributed by atoms with Crippen LogP contribution in [0.2, 0.25) is 0 Å². The number of rotatable bonds is 2. The van der Waals surface area contributed by atoms with E-state index in [4.69, 9.17) is 34.8 Å². The second-order valence-electron chi connectivity index (χ2n) is 4.31. The van der Waals surface area contributed by atoms with Crippen LogP contribution in [0.25, 0.3) is 5.70 Å². The number of hydrogen-bond donors (Lipinski definition) is 0. The highest BCUT2D eigenvalue weighted by molar-refractivity contribution is 6.67. The predicted molar refractivity (Wildman–Crippen MR) is 78.8 cm³/mol. The number of nitrogens with zero attached hydrogens (tertiary/aromatic N) is 2. The fourth-order valence-electron chi connectivity index (χ4n) is 1.70. The van der Waals surface area contributed by atoms with Crippen molar-refractivity contribution < 1.29 is 26.6 Å². The highest BCUT2D eigenvalue weighted by Gasteiger charge is 2.38. The maximum Gasteiger partial charge on any atom is 0.282 e. The van der Waals surface area contributed by atoms with E-state index in [1.54, 1.807) is 24.5 Å². The molecule has 0 saturated carbocycles. The fourth-order valence-corrected chi connectivity index (χ4v) is 2.39. The third-order valence-corrected chi connectivity index (χ3v) is 3.97. The van der Waals surface area contributed by atoms with E-state index >= 15 is 0 Å². The van der Waals surface area contributed by atoms with E-state index in [9.17, 15) is 9.59 Å². The molecule has 0 saturated heterocycles. The van der Waals surface area contributed by atoms with Gasteiger partial charge in [0, 0.05) is 31.9 Å². The predicted octanol–water partition coefficient (Wildman–Crippen LogP) is -0.708. The molecular weight excluding hydrogens is 358 g/mol. The Labute approximate surface area is 143 Å². The van der Waals surface area contributed by atoms with Crippen LogP contribution in [-0.2, 0) is 9.59 Å². The molecule has 4 nitrogen and oxygen atoms in total. The van der Waals surface area contributed by atoms with Crippen LogP contribution in [0.5, 0.6) is 0 Å².